The summed E-state index contributed by atoms with van der Waals surface area (Å²) in [6.45, 7) is 5.41. The van der Waals surface area contributed by atoms with Crippen molar-refractivity contribution in [3.05, 3.63) is 84.1 Å². The Morgan fingerprint density at radius 1 is 0.684 bits per heavy atom. The molecule has 26 heteroatoms. The average molecular weight is 1100 g/mol. The van der Waals surface area contributed by atoms with Crippen LogP contribution in [-0.2, 0) is 67.2 Å². The Hall–Kier alpha value is -8.39. The molecule has 2 aromatic heterocycles. The monoisotopic (exact) mass is 1100 g/mol. The zero-order valence-electron chi connectivity index (χ0n) is 44.4. The van der Waals surface area contributed by atoms with Crippen LogP contribution in [0.5, 0.6) is 5.75 Å². The second-order valence-corrected chi connectivity index (χ2v) is 20.1. The number of imidazole rings is 1. The number of amides is 10. The first kappa shape index (κ1) is 59.8. The fourth-order valence-electron chi connectivity index (χ4n) is 9.36. The third-order valence-corrected chi connectivity index (χ3v) is 13.6. The van der Waals surface area contributed by atoms with Crippen molar-refractivity contribution in [1.82, 2.24) is 67.7 Å². The molecule has 4 aromatic rings. The number of fused-ring (bicyclic) bond motifs is 1. The first-order valence-corrected chi connectivity index (χ1v) is 26.3. The van der Waals surface area contributed by atoms with Gasteiger partial charge >= 0.3 is 0 Å². The fourth-order valence-corrected chi connectivity index (χ4v) is 9.36. The molecular formula is C53H71N13O13. The van der Waals surface area contributed by atoms with Crippen molar-refractivity contribution >= 4 is 70.0 Å². The number of H-pyrrole nitrogens is 2. The van der Waals surface area contributed by atoms with E-state index < -0.39 is 115 Å². The van der Waals surface area contributed by atoms with Gasteiger partial charge in [-0.3, -0.25) is 47.9 Å². The summed E-state index contributed by atoms with van der Waals surface area (Å²) < 4.78 is 0. The van der Waals surface area contributed by atoms with Crippen molar-refractivity contribution in [1.29, 1.82) is 0 Å². The van der Waals surface area contributed by atoms with E-state index in [0.29, 0.717) is 41.6 Å². The number of nitrogens with one attached hydrogen (secondary N) is 11. The van der Waals surface area contributed by atoms with Crippen LogP contribution < -0.4 is 47.9 Å². The first-order chi connectivity index (χ1) is 37.8. The Balaban J connectivity index is 1.17. The highest BCUT2D eigenvalue weighted by Gasteiger charge is 2.39. The maximum Gasteiger partial charge on any atom is 0.248 e. The van der Waals surface area contributed by atoms with Crippen molar-refractivity contribution in [3.8, 4) is 5.75 Å². The van der Waals surface area contributed by atoms with Gasteiger partial charge in [-0.25, -0.2) is 4.98 Å². The first-order valence-electron chi connectivity index (χ1n) is 26.3. The largest absolute Gasteiger partial charge is 0.508 e. The summed E-state index contributed by atoms with van der Waals surface area (Å²) in [5.74, 6) is -7.64. The summed E-state index contributed by atoms with van der Waals surface area (Å²) in [5, 5.41) is 54.8. The lowest BCUT2D eigenvalue weighted by molar-refractivity contribution is -0.142. The SMILES string of the molecule is CCNC(=O)C1CCCN1C(=O)C(CO)NC(=O)C(CC(C)C)NC(=O)C(C)NC(=O)C(Cc1ccc(O)cc1)NC(=O)C(CO)NC(=O)C(Cc1c[nH]c2ccccc12)NC(=O)C(Cc1cnc[nH]1)NC(=O)C1CCC(=O)N1. The number of likely N-dealkylation sites (N-methyl/N-ethyl adjacent to an activating group) is 1. The molecule has 2 aliphatic heterocycles. The summed E-state index contributed by atoms with van der Waals surface area (Å²) in [5.41, 5.74) is 2.19. The predicted octanol–water partition coefficient (Wildman–Crippen LogP) is -2.53. The van der Waals surface area contributed by atoms with Crippen LogP contribution in [0.2, 0.25) is 0 Å². The van der Waals surface area contributed by atoms with Gasteiger partial charge in [0.15, 0.2) is 0 Å². The molecule has 2 saturated heterocycles. The number of aromatic hydroxyl groups is 1. The quantitative estimate of drug-likeness (QED) is 0.0293. The van der Waals surface area contributed by atoms with Gasteiger partial charge in [-0.1, -0.05) is 44.2 Å². The van der Waals surface area contributed by atoms with Crippen LogP contribution in [-0.4, -0.2) is 175 Å². The number of aliphatic hydroxyl groups excluding tert-OH is 2. The maximum atomic E-state index is 14.4. The summed E-state index contributed by atoms with van der Waals surface area (Å²) in [6.07, 6.45) is 5.29. The van der Waals surface area contributed by atoms with E-state index in [0.717, 1.165) is 5.52 Å². The Bertz CT molecular complexity index is 2800. The average Bonchev–Trinajstić information content (AvgIpc) is 4.30. The molecule has 14 N–H and O–H groups in total. The van der Waals surface area contributed by atoms with Crippen LogP contribution in [0.25, 0.3) is 10.9 Å². The van der Waals surface area contributed by atoms with Crippen molar-refractivity contribution in [2.75, 3.05) is 26.3 Å². The fraction of sp³-hybridized carbons (Fsp3) is 0.491. The Morgan fingerprint density at radius 3 is 1.92 bits per heavy atom. The van der Waals surface area contributed by atoms with Crippen molar-refractivity contribution < 1.29 is 63.3 Å². The maximum absolute atomic E-state index is 14.4. The third kappa shape index (κ3) is 16.6. The van der Waals surface area contributed by atoms with Crippen LogP contribution in [0.3, 0.4) is 0 Å². The highest BCUT2D eigenvalue weighted by atomic mass is 16.3. The lowest BCUT2D eigenvalue weighted by Crippen LogP contribution is -2.61. The zero-order valence-corrected chi connectivity index (χ0v) is 44.4. The number of likely N-dealkylation sites (tertiary alicyclic amines) is 1. The molecule has 426 valence electrons. The Labute approximate surface area is 455 Å². The third-order valence-electron chi connectivity index (χ3n) is 13.6. The van der Waals surface area contributed by atoms with Gasteiger partial charge < -0.3 is 78.0 Å². The van der Waals surface area contributed by atoms with Crippen molar-refractivity contribution in [2.45, 2.75) is 133 Å². The molecule has 0 aliphatic carbocycles. The Kier molecular flexibility index (Phi) is 21.4. The summed E-state index contributed by atoms with van der Waals surface area (Å²) >= 11 is 0. The molecule has 0 radical (unpaired) electrons. The highest BCUT2D eigenvalue weighted by molar-refractivity contribution is 5.99. The molecule has 2 fully saturated rings. The van der Waals surface area contributed by atoms with E-state index >= 15 is 0 Å². The van der Waals surface area contributed by atoms with E-state index in [1.54, 1.807) is 51.2 Å². The van der Waals surface area contributed by atoms with Crippen LogP contribution in [0, 0.1) is 5.92 Å². The molecule has 79 heavy (non-hydrogen) atoms. The number of rotatable bonds is 27. The van der Waals surface area contributed by atoms with Crippen molar-refractivity contribution in [2.24, 2.45) is 5.92 Å². The smallest absolute Gasteiger partial charge is 0.248 e. The van der Waals surface area contributed by atoms with Gasteiger partial charge in [0.1, 0.15) is 60.1 Å². The van der Waals surface area contributed by atoms with Crippen LogP contribution >= 0.6 is 0 Å². The molecule has 26 nitrogen and oxygen atoms in total. The number of para-hydroxylation sites is 1. The van der Waals surface area contributed by atoms with Gasteiger partial charge in [-0.15, -0.1) is 0 Å². The molecule has 0 bridgehead atoms. The number of benzene rings is 2. The highest BCUT2D eigenvalue weighted by Crippen LogP contribution is 2.21. The second-order valence-electron chi connectivity index (χ2n) is 20.1. The summed E-state index contributed by atoms with van der Waals surface area (Å²) in [6, 6.07) is 1.08. The zero-order chi connectivity index (χ0) is 57.3. The molecule has 9 atom stereocenters. The van der Waals surface area contributed by atoms with E-state index in [1.807, 2.05) is 0 Å². The van der Waals surface area contributed by atoms with E-state index in [9.17, 15) is 63.3 Å². The molecule has 10 amide bonds. The minimum absolute atomic E-state index is 0.0690. The van der Waals surface area contributed by atoms with Gasteiger partial charge in [0, 0.05) is 67.8 Å². The number of phenols is 1. The van der Waals surface area contributed by atoms with E-state index in [1.165, 1.54) is 48.6 Å². The van der Waals surface area contributed by atoms with Crippen LogP contribution in [0.15, 0.2) is 67.3 Å². The molecule has 6 rings (SSSR count). The van der Waals surface area contributed by atoms with Crippen molar-refractivity contribution in [3.63, 3.8) is 0 Å². The molecule has 9 unspecified atom stereocenters. The molecular weight excluding hydrogens is 1030 g/mol. The Morgan fingerprint density at radius 2 is 1.29 bits per heavy atom. The lowest BCUT2D eigenvalue weighted by atomic mass is 10.0. The number of hydrogen-bond donors (Lipinski definition) is 14. The number of nitrogens with zero attached hydrogens (tertiary/aromatic N) is 2. The number of carbonyl (C=O) groups is 10. The standard InChI is InChI=1S/C53H71N13O13/c1-5-55-52(78)43-11-8-18-66(43)53(79)42(26-68)65-48(74)37(19-28(2)3)60-45(71)29(4)58-47(73)38(20-30-12-14-33(69)15-13-30)61-51(77)41(25-67)64-49(75)39(21-31-23-56-35-10-7-6-9-34(31)35)62-50(76)40(22-32-24-54-27-57-32)63-46(72)36-16-17-44(70)59-36/h6-7,9-10,12-15,23-24,27-29,36-43,56,67-69H,5,8,11,16-22,25-26H2,1-4H3,(H,54,57)(H,55,78)(H,58,73)(H,59,70)(H,60,71)(H,61,77)(H,62,76)(H,63,72)(H,64,75)(H,65,74). The van der Waals surface area contributed by atoms with E-state index in [-0.39, 0.29) is 68.6 Å². The summed E-state index contributed by atoms with van der Waals surface area (Å²) in [4.78, 5) is 147. The number of phenolic OH excluding ortho intramolecular Hbond substituents is 1. The van der Waals surface area contributed by atoms with Gasteiger partial charge in [0.05, 0.1) is 19.5 Å². The second kappa shape index (κ2) is 28.3. The molecule has 2 aliphatic rings. The number of aromatic amines is 2. The number of carbonyl (C=O) groups excluding carboxylic acids is 10. The number of aliphatic hydroxyl groups is 2. The molecule has 0 saturated carbocycles. The van der Waals surface area contributed by atoms with Gasteiger partial charge in [-0.2, -0.15) is 0 Å². The van der Waals surface area contributed by atoms with Gasteiger partial charge in [0.2, 0.25) is 59.1 Å². The topological polar surface area (TPSA) is 387 Å². The minimum atomic E-state index is -1.74. The summed E-state index contributed by atoms with van der Waals surface area (Å²) in [7, 11) is 0. The van der Waals surface area contributed by atoms with Crippen LogP contribution in [0.1, 0.15) is 76.6 Å². The molecule has 2 aromatic carbocycles. The predicted molar refractivity (Wildman–Crippen MR) is 284 cm³/mol. The van der Waals surface area contributed by atoms with E-state index in [2.05, 4.69) is 62.8 Å². The van der Waals surface area contributed by atoms with Crippen LogP contribution in [0.4, 0.5) is 0 Å². The number of aromatic nitrogens is 3. The normalized spacial score (nSPS) is 17.7. The molecule has 4 heterocycles. The lowest BCUT2D eigenvalue weighted by Gasteiger charge is -2.29. The number of hydrogen-bond acceptors (Lipinski definition) is 14. The molecule has 0 spiro atoms. The van der Waals surface area contributed by atoms with Gasteiger partial charge in [-0.05, 0) is 74.8 Å². The van der Waals surface area contributed by atoms with Gasteiger partial charge in [0.25, 0.3) is 0 Å². The van der Waals surface area contributed by atoms with E-state index in [4.69, 9.17) is 0 Å². The minimum Gasteiger partial charge on any atom is -0.508 e.